The fourth-order valence-electron chi connectivity index (χ4n) is 3.42. The second-order valence-electron chi connectivity index (χ2n) is 6.16. The molecule has 6 nitrogen and oxygen atoms in total. The van der Waals surface area contributed by atoms with Crippen LogP contribution in [0.1, 0.15) is 58.3 Å². The summed E-state index contributed by atoms with van der Waals surface area (Å²) >= 11 is 0. The van der Waals surface area contributed by atoms with Gasteiger partial charge in [-0.05, 0) is 18.8 Å². The number of carbonyl (C=O) groups is 3. The zero-order valence-corrected chi connectivity index (χ0v) is 12.6. The second-order valence-corrected chi connectivity index (χ2v) is 6.16. The molecule has 0 radical (unpaired) electrons. The maximum absolute atomic E-state index is 12.3. The molecule has 1 aliphatic carbocycles. The molecule has 2 rings (SSSR count). The SMILES string of the molecule is CCC[C@H]1NC(=O)N(C(CC2CCCCC2)C(N)=O)C1=O. The van der Waals surface area contributed by atoms with E-state index in [1.165, 1.54) is 6.42 Å². The minimum absolute atomic E-state index is 0.304. The van der Waals surface area contributed by atoms with Crippen LogP contribution in [-0.4, -0.2) is 34.8 Å². The number of hydrogen-bond donors (Lipinski definition) is 2. The van der Waals surface area contributed by atoms with Crippen LogP contribution in [0.2, 0.25) is 0 Å². The molecule has 3 N–H and O–H groups in total. The maximum atomic E-state index is 12.3. The quantitative estimate of drug-likeness (QED) is 0.728. The van der Waals surface area contributed by atoms with E-state index in [2.05, 4.69) is 5.32 Å². The van der Waals surface area contributed by atoms with E-state index < -0.39 is 24.0 Å². The molecule has 0 aromatic heterocycles. The third-order valence-electron chi connectivity index (χ3n) is 4.55. The van der Waals surface area contributed by atoms with Crippen LogP contribution in [-0.2, 0) is 9.59 Å². The van der Waals surface area contributed by atoms with Gasteiger partial charge in [-0.2, -0.15) is 0 Å². The predicted octanol–water partition coefficient (Wildman–Crippen LogP) is 1.53. The average molecular weight is 295 g/mol. The van der Waals surface area contributed by atoms with Crippen LogP contribution in [0.4, 0.5) is 4.79 Å². The van der Waals surface area contributed by atoms with Crippen LogP contribution < -0.4 is 11.1 Å². The number of hydrogen-bond acceptors (Lipinski definition) is 3. The number of nitrogens with zero attached hydrogens (tertiary/aromatic N) is 1. The van der Waals surface area contributed by atoms with Crippen LogP contribution >= 0.6 is 0 Å². The van der Waals surface area contributed by atoms with Crippen molar-refractivity contribution in [2.24, 2.45) is 11.7 Å². The summed E-state index contributed by atoms with van der Waals surface area (Å²) in [6.07, 6.45) is 7.51. The van der Waals surface area contributed by atoms with Crippen molar-refractivity contribution in [3.8, 4) is 0 Å². The zero-order chi connectivity index (χ0) is 15.4. The highest BCUT2D eigenvalue weighted by molar-refractivity contribution is 6.07. The molecule has 1 heterocycles. The van der Waals surface area contributed by atoms with Gasteiger partial charge in [0.05, 0.1) is 0 Å². The van der Waals surface area contributed by atoms with Crippen LogP contribution in [0, 0.1) is 5.92 Å². The van der Waals surface area contributed by atoms with Gasteiger partial charge in [0.2, 0.25) is 5.91 Å². The molecule has 1 aliphatic heterocycles. The summed E-state index contributed by atoms with van der Waals surface area (Å²) in [4.78, 5) is 37.2. The highest BCUT2D eigenvalue weighted by atomic mass is 16.2. The molecule has 0 aromatic carbocycles. The van der Waals surface area contributed by atoms with Crippen molar-refractivity contribution in [3.63, 3.8) is 0 Å². The minimum atomic E-state index is -0.803. The number of imide groups is 1. The van der Waals surface area contributed by atoms with Gasteiger partial charge in [-0.3, -0.25) is 9.59 Å². The monoisotopic (exact) mass is 295 g/mol. The Labute approximate surface area is 125 Å². The molecule has 1 saturated heterocycles. The minimum Gasteiger partial charge on any atom is -0.368 e. The van der Waals surface area contributed by atoms with Crippen molar-refractivity contribution in [3.05, 3.63) is 0 Å². The Kier molecular flexibility index (Phi) is 5.20. The van der Waals surface area contributed by atoms with Gasteiger partial charge in [-0.1, -0.05) is 45.4 Å². The number of nitrogens with two attached hydrogens (primary N) is 1. The van der Waals surface area contributed by atoms with E-state index >= 15 is 0 Å². The molecular formula is C15H25N3O3. The largest absolute Gasteiger partial charge is 0.368 e. The number of amides is 4. The maximum Gasteiger partial charge on any atom is 0.325 e. The predicted molar refractivity (Wildman–Crippen MR) is 78.2 cm³/mol. The van der Waals surface area contributed by atoms with Crippen LogP contribution in [0.15, 0.2) is 0 Å². The molecule has 1 unspecified atom stereocenters. The first-order valence-electron chi connectivity index (χ1n) is 7.97. The van der Waals surface area contributed by atoms with Crippen molar-refractivity contribution in [2.75, 3.05) is 0 Å². The first kappa shape index (κ1) is 15.8. The summed E-state index contributed by atoms with van der Waals surface area (Å²) in [5.41, 5.74) is 5.46. The van der Waals surface area contributed by atoms with E-state index in [1.807, 2.05) is 6.92 Å². The fraction of sp³-hybridized carbons (Fsp3) is 0.800. The number of carbonyl (C=O) groups excluding carboxylic acids is 3. The van der Waals surface area contributed by atoms with E-state index in [-0.39, 0.29) is 5.91 Å². The number of nitrogens with one attached hydrogen (secondary N) is 1. The number of urea groups is 1. The second kappa shape index (κ2) is 6.91. The van der Waals surface area contributed by atoms with E-state index in [0.29, 0.717) is 18.8 Å². The average Bonchev–Trinajstić information content (AvgIpc) is 2.73. The highest BCUT2D eigenvalue weighted by Crippen LogP contribution is 2.29. The molecule has 118 valence electrons. The molecule has 0 bridgehead atoms. The first-order valence-corrected chi connectivity index (χ1v) is 7.97. The molecule has 2 atom stereocenters. The molecule has 4 amide bonds. The normalized spacial score (nSPS) is 25.0. The van der Waals surface area contributed by atoms with Crippen molar-refractivity contribution < 1.29 is 14.4 Å². The van der Waals surface area contributed by atoms with Gasteiger partial charge >= 0.3 is 6.03 Å². The van der Waals surface area contributed by atoms with Crippen molar-refractivity contribution in [1.29, 1.82) is 0 Å². The van der Waals surface area contributed by atoms with Gasteiger partial charge in [0.25, 0.3) is 5.91 Å². The van der Waals surface area contributed by atoms with E-state index in [0.717, 1.165) is 37.0 Å². The summed E-state index contributed by atoms with van der Waals surface area (Å²) in [7, 11) is 0. The molecule has 1 saturated carbocycles. The summed E-state index contributed by atoms with van der Waals surface area (Å²) in [6, 6.07) is -1.78. The topological polar surface area (TPSA) is 92.5 Å². The third kappa shape index (κ3) is 3.54. The lowest BCUT2D eigenvalue weighted by molar-refractivity contribution is -0.135. The Morgan fingerprint density at radius 2 is 2.00 bits per heavy atom. The summed E-state index contributed by atoms with van der Waals surface area (Å²) < 4.78 is 0. The Morgan fingerprint density at radius 1 is 1.33 bits per heavy atom. The fourth-order valence-corrected chi connectivity index (χ4v) is 3.42. The molecule has 6 heteroatoms. The Morgan fingerprint density at radius 3 is 2.57 bits per heavy atom. The highest BCUT2D eigenvalue weighted by Gasteiger charge is 2.44. The van der Waals surface area contributed by atoms with E-state index in [4.69, 9.17) is 5.73 Å². The van der Waals surface area contributed by atoms with Gasteiger partial charge in [0, 0.05) is 0 Å². The van der Waals surface area contributed by atoms with Crippen LogP contribution in [0.3, 0.4) is 0 Å². The Hall–Kier alpha value is -1.59. The lowest BCUT2D eigenvalue weighted by Gasteiger charge is -2.29. The molecule has 0 spiro atoms. The number of rotatable bonds is 6. The lowest BCUT2D eigenvalue weighted by atomic mass is 9.84. The molecule has 2 fully saturated rings. The van der Waals surface area contributed by atoms with Crippen molar-refractivity contribution in [1.82, 2.24) is 10.2 Å². The molecule has 21 heavy (non-hydrogen) atoms. The van der Waals surface area contributed by atoms with E-state index in [1.54, 1.807) is 0 Å². The zero-order valence-electron chi connectivity index (χ0n) is 12.6. The van der Waals surface area contributed by atoms with Gasteiger partial charge in [-0.25, -0.2) is 9.69 Å². The summed E-state index contributed by atoms with van der Waals surface area (Å²) in [5, 5.41) is 2.66. The van der Waals surface area contributed by atoms with Gasteiger partial charge in [0.15, 0.2) is 0 Å². The summed E-state index contributed by atoms with van der Waals surface area (Å²) in [6.45, 7) is 1.95. The smallest absolute Gasteiger partial charge is 0.325 e. The van der Waals surface area contributed by atoms with Crippen molar-refractivity contribution >= 4 is 17.8 Å². The summed E-state index contributed by atoms with van der Waals surface area (Å²) in [5.74, 6) is -0.509. The molecule has 2 aliphatic rings. The first-order chi connectivity index (χ1) is 10.0. The van der Waals surface area contributed by atoms with Crippen LogP contribution in [0.25, 0.3) is 0 Å². The third-order valence-corrected chi connectivity index (χ3v) is 4.55. The molecular weight excluding hydrogens is 270 g/mol. The van der Waals surface area contributed by atoms with Gasteiger partial charge in [-0.15, -0.1) is 0 Å². The van der Waals surface area contributed by atoms with Crippen LogP contribution in [0.5, 0.6) is 0 Å². The Bertz CT molecular complexity index is 418. The Balaban J connectivity index is 2.08. The van der Waals surface area contributed by atoms with Gasteiger partial charge < -0.3 is 11.1 Å². The lowest BCUT2D eigenvalue weighted by Crippen LogP contribution is -2.49. The van der Waals surface area contributed by atoms with Gasteiger partial charge in [0.1, 0.15) is 12.1 Å². The number of primary amides is 1. The molecule has 0 aromatic rings. The standard InChI is InChI=1S/C15H25N3O3/c1-2-6-11-14(20)18(15(21)17-11)12(13(16)19)9-10-7-4-3-5-8-10/h10-12H,2-9H2,1H3,(H2,16,19)(H,17,21)/t11-,12?/m1/s1. The van der Waals surface area contributed by atoms with E-state index in [9.17, 15) is 14.4 Å². The van der Waals surface area contributed by atoms with Crippen molar-refractivity contribution in [2.45, 2.75) is 70.4 Å².